The summed E-state index contributed by atoms with van der Waals surface area (Å²) in [5.41, 5.74) is 3.23. The first kappa shape index (κ1) is 21.0. The number of para-hydroxylation sites is 1. The summed E-state index contributed by atoms with van der Waals surface area (Å²) in [5.74, 6) is 0.904. The minimum atomic E-state index is -0.340. The van der Waals surface area contributed by atoms with Crippen LogP contribution in [0.4, 0.5) is 4.39 Å². The molecule has 3 aromatic carbocycles. The highest BCUT2D eigenvalue weighted by molar-refractivity contribution is 7.98. The first-order valence-corrected chi connectivity index (χ1v) is 12.0. The molecule has 160 valence electrons. The molecular weight excluding hydrogens is 465 g/mol. The zero-order chi connectivity index (χ0) is 22.1. The number of hydrogen-bond donors (Lipinski definition) is 0. The molecule has 5 aromatic rings. The minimum Gasteiger partial charge on any atom is -0.496 e. The van der Waals surface area contributed by atoms with Crippen molar-refractivity contribution in [2.24, 2.45) is 0 Å². The molecule has 0 aliphatic heterocycles. The summed E-state index contributed by atoms with van der Waals surface area (Å²) in [4.78, 5) is 9.38. The predicted octanol–water partition coefficient (Wildman–Crippen LogP) is 7.24. The van der Waals surface area contributed by atoms with Gasteiger partial charge < -0.3 is 4.74 Å². The summed E-state index contributed by atoms with van der Waals surface area (Å²) in [6, 6.07) is 20.1. The maximum atomic E-state index is 14.1. The van der Waals surface area contributed by atoms with E-state index in [1.807, 2.05) is 47.0 Å². The molecule has 0 aliphatic rings. The van der Waals surface area contributed by atoms with E-state index >= 15 is 0 Å². The predicted molar refractivity (Wildman–Crippen MR) is 130 cm³/mol. The average Bonchev–Trinajstić information content (AvgIpc) is 3.42. The summed E-state index contributed by atoms with van der Waals surface area (Å²) in [5, 5.41) is 2.43. The fourth-order valence-corrected chi connectivity index (χ4v) is 5.53. The Morgan fingerprint density at radius 2 is 1.91 bits per heavy atom. The van der Waals surface area contributed by atoms with E-state index in [0.717, 1.165) is 31.8 Å². The molecule has 0 saturated carbocycles. The molecule has 8 heteroatoms. The Balaban J connectivity index is 1.57. The first-order valence-electron chi connectivity index (χ1n) is 9.77. The number of methoxy groups -OCH3 is 1. The molecule has 0 bridgehead atoms. The Bertz CT molecular complexity index is 1370. The second-order valence-electron chi connectivity index (χ2n) is 6.95. The molecule has 2 heterocycles. The van der Waals surface area contributed by atoms with Gasteiger partial charge in [-0.15, -0.1) is 11.3 Å². The van der Waals surface area contributed by atoms with Crippen molar-refractivity contribution in [2.75, 3.05) is 7.11 Å². The van der Waals surface area contributed by atoms with E-state index < -0.39 is 0 Å². The third-order valence-corrected chi connectivity index (χ3v) is 7.35. The summed E-state index contributed by atoms with van der Waals surface area (Å²) in [6.45, 7) is 0. The molecule has 0 saturated heterocycles. The largest absolute Gasteiger partial charge is 0.496 e. The number of imidazole rings is 1. The van der Waals surface area contributed by atoms with E-state index in [1.165, 1.54) is 12.1 Å². The molecule has 0 amide bonds. The van der Waals surface area contributed by atoms with Gasteiger partial charge in [0.25, 0.3) is 0 Å². The van der Waals surface area contributed by atoms with Crippen molar-refractivity contribution in [2.45, 2.75) is 10.9 Å². The molecule has 0 aliphatic carbocycles. The lowest BCUT2D eigenvalue weighted by Crippen LogP contribution is -2.00. The first-order chi connectivity index (χ1) is 15.6. The number of rotatable bonds is 6. The van der Waals surface area contributed by atoms with Crippen molar-refractivity contribution < 1.29 is 9.13 Å². The number of ether oxygens (including phenoxy) is 1. The molecule has 0 atom stereocenters. The van der Waals surface area contributed by atoms with Crippen LogP contribution in [0.5, 0.6) is 5.75 Å². The maximum absolute atomic E-state index is 14.1. The van der Waals surface area contributed by atoms with E-state index in [0.29, 0.717) is 22.1 Å². The Morgan fingerprint density at radius 1 is 1.09 bits per heavy atom. The standard InChI is InChI=1S/C24H17ClFN3OS2/c1-30-21-11-8-16(26)12-18(21)20-13-27-24(29(20)17-9-6-15(25)7-10-17)31-14-23-28-19-4-2-3-5-22(19)32-23/h2-13H,14H2,1H3. The smallest absolute Gasteiger partial charge is 0.173 e. The number of halogens is 2. The quantitative estimate of drug-likeness (QED) is 0.239. The summed E-state index contributed by atoms with van der Waals surface area (Å²) >= 11 is 9.37. The Kier molecular flexibility index (Phi) is 5.87. The lowest BCUT2D eigenvalue weighted by atomic mass is 10.1. The third kappa shape index (κ3) is 4.11. The Morgan fingerprint density at radius 3 is 2.69 bits per heavy atom. The number of hydrogen-bond acceptors (Lipinski definition) is 5. The van der Waals surface area contributed by atoms with Crippen molar-refractivity contribution >= 4 is 44.9 Å². The molecular formula is C24H17ClFN3OS2. The van der Waals surface area contributed by atoms with Crippen LogP contribution in [0.3, 0.4) is 0 Å². The van der Waals surface area contributed by atoms with Crippen LogP contribution in [0, 0.1) is 5.82 Å². The molecule has 0 fully saturated rings. The van der Waals surface area contributed by atoms with Gasteiger partial charge in [0.2, 0.25) is 0 Å². The van der Waals surface area contributed by atoms with E-state index in [9.17, 15) is 4.39 Å². The fraction of sp³-hybridized carbons (Fsp3) is 0.0833. The highest BCUT2D eigenvalue weighted by atomic mass is 35.5. The van der Waals surface area contributed by atoms with E-state index in [1.54, 1.807) is 42.5 Å². The lowest BCUT2D eigenvalue weighted by molar-refractivity contribution is 0.415. The highest BCUT2D eigenvalue weighted by Crippen LogP contribution is 2.37. The van der Waals surface area contributed by atoms with E-state index in [2.05, 4.69) is 11.1 Å². The fourth-order valence-electron chi connectivity index (χ4n) is 3.45. The number of thioether (sulfide) groups is 1. The van der Waals surface area contributed by atoms with Crippen molar-refractivity contribution in [3.8, 4) is 22.7 Å². The molecule has 0 unspecified atom stereocenters. The molecule has 0 radical (unpaired) electrons. The van der Waals surface area contributed by atoms with Crippen LogP contribution in [0.2, 0.25) is 5.02 Å². The van der Waals surface area contributed by atoms with E-state index in [4.69, 9.17) is 21.3 Å². The van der Waals surface area contributed by atoms with Crippen molar-refractivity contribution in [3.05, 3.63) is 88.8 Å². The number of nitrogens with zero attached hydrogens (tertiary/aromatic N) is 3. The molecule has 4 nitrogen and oxygen atoms in total. The Hall–Kier alpha value is -2.87. The van der Waals surface area contributed by atoms with Gasteiger partial charge in [-0.1, -0.05) is 35.5 Å². The molecule has 0 spiro atoms. The Labute approximate surface area is 197 Å². The van der Waals surface area contributed by atoms with Gasteiger partial charge in [-0.3, -0.25) is 4.57 Å². The van der Waals surface area contributed by atoms with Gasteiger partial charge in [-0.05, 0) is 54.6 Å². The van der Waals surface area contributed by atoms with Gasteiger partial charge >= 0.3 is 0 Å². The zero-order valence-electron chi connectivity index (χ0n) is 17.0. The summed E-state index contributed by atoms with van der Waals surface area (Å²) in [6.07, 6.45) is 1.74. The SMILES string of the molecule is COc1ccc(F)cc1-c1cnc(SCc2nc3ccccc3s2)n1-c1ccc(Cl)cc1. The van der Waals surface area contributed by atoms with Crippen LogP contribution in [-0.2, 0) is 5.75 Å². The number of aromatic nitrogens is 3. The van der Waals surface area contributed by atoms with Crippen LogP contribution in [0.1, 0.15) is 5.01 Å². The number of thiazole rings is 1. The van der Waals surface area contributed by atoms with Gasteiger partial charge in [-0.25, -0.2) is 14.4 Å². The lowest BCUT2D eigenvalue weighted by Gasteiger charge is -2.14. The van der Waals surface area contributed by atoms with Gasteiger partial charge in [0, 0.05) is 16.3 Å². The minimum absolute atomic E-state index is 0.340. The number of fused-ring (bicyclic) bond motifs is 1. The molecule has 5 rings (SSSR count). The highest BCUT2D eigenvalue weighted by Gasteiger charge is 2.18. The molecule has 2 aromatic heterocycles. The monoisotopic (exact) mass is 481 g/mol. The van der Waals surface area contributed by atoms with Crippen LogP contribution in [0.15, 0.2) is 78.1 Å². The third-order valence-electron chi connectivity index (χ3n) is 4.91. The van der Waals surface area contributed by atoms with E-state index in [-0.39, 0.29) is 5.82 Å². The maximum Gasteiger partial charge on any atom is 0.173 e. The average molecular weight is 482 g/mol. The van der Waals surface area contributed by atoms with Crippen LogP contribution in [-0.4, -0.2) is 21.6 Å². The van der Waals surface area contributed by atoms with Crippen LogP contribution in [0.25, 0.3) is 27.2 Å². The summed E-state index contributed by atoms with van der Waals surface area (Å²) in [7, 11) is 1.57. The van der Waals surface area contributed by atoms with Crippen molar-refractivity contribution in [1.82, 2.24) is 14.5 Å². The second-order valence-corrected chi connectivity index (χ2v) is 9.44. The van der Waals surface area contributed by atoms with Gasteiger partial charge in [0.1, 0.15) is 16.6 Å². The normalized spacial score (nSPS) is 11.2. The molecule has 32 heavy (non-hydrogen) atoms. The summed E-state index contributed by atoms with van der Waals surface area (Å²) < 4.78 is 22.8. The van der Waals surface area contributed by atoms with Gasteiger partial charge in [0.15, 0.2) is 5.16 Å². The van der Waals surface area contributed by atoms with Gasteiger partial charge in [-0.2, -0.15) is 0 Å². The van der Waals surface area contributed by atoms with Crippen LogP contribution >= 0.6 is 34.7 Å². The van der Waals surface area contributed by atoms with Crippen molar-refractivity contribution in [3.63, 3.8) is 0 Å². The van der Waals surface area contributed by atoms with Gasteiger partial charge in [0.05, 0.1) is 35.0 Å². The van der Waals surface area contributed by atoms with Crippen LogP contribution < -0.4 is 4.74 Å². The zero-order valence-corrected chi connectivity index (χ0v) is 19.3. The topological polar surface area (TPSA) is 39.9 Å². The number of benzene rings is 3. The van der Waals surface area contributed by atoms with Crippen molar-refractivity contribution in [1.29, 1.82) is 0 Å². The second kappa shape index (κ2) is 8.94. The molecule has 0 N–H and O–H groups in total.